The quantitative estimate of drug-likeness (QED) is 0.755. The van der Waals surface area contributed by atoms with Crippen LogP contribution >= 0.6 is 23.2 Å². The van der Waals surface area contributed by atoms with Gasteiger partial charge in [0.1, 0.15) is 0 Å². The van der Waals surface area contributed by atoms with Gasteiger partial charge in [-0.3, -0.25) is 0 Å². The average molecular weight is 207 g/mol. The molecule has 0 saturated carbocycles. The lowest BCUT2D eigenvalue weighted by atomic mass is 10.2. The molecule has 1 aromatic rings. The van der Waals surface area contributed by atoms with E-state index in [1.807, 2.05) is 0 Å². The number of phenols is 1. The van der Waals surface area contributed by atoms with Crippen molar-refractivity contribution in [2.24, 2.45) is 0 Å². The van der Waals surface area contributed by atoms with Crippen molar-refractivity contribution in [1.82, 2.24) is 0 Å². The smallest absolute Gasteiger partial charge is 0.161 e. The van der Waals surface area contributed by atoms with Crippen molar-refractivity contribution in [2.45, 2.75) is 5.88 Å². The van der Waals surface area contributed by atoms with Crippen molar-refractivity contribution >= 4 is 23.2 Å². The molecule has 0 aliphatic heterocycles. The first-order chi connectivity index (χ1) is 5.69. The Kier molecular flexibility index (Phi) is 3.06. The third-order valence-electron chi connectivity index (χ3n) is 1.49. The first-order valence-electron chi connectivity index (χ1n) is 3.30. The third kappa shape index (κ3) is 1.76. The molecule has 66 valence electrons. The summed E-state index contributed by atoms with van der Waals surface area (Å²) in [4.78, 5) is 0. The summed E-state index contributed by atoms with van der Waals surface area (Å²) >= 11 is 11.4. The van der Waals surface area contributed by atoms with Gasteiger partial charge in [-0.05, 0) is 11.6 Å². The SMILES string of the molecule is COc1cc(Cl)c(CCl)cc1O. The predicted octanol–water partition coefficient (Wildman–Crippen LogP) is 2.79. The van der Waals surface area contributed by atoms with Gasteiger partial charge in [0.05, 0.1) is 7.11 Å². The summed E-state index contributed by atoms with van der Waals surface area (Å²) in [7, 11) is 1.46. The van der Waals surface area contributed by atoms with E-state index in [1.54, 1.807) is 0 Å². The van der Waals surface area contributed by atoms with Gasteiger partial charge in [-0.15, -0.1) is 11.6 Å². The summed E-state index contributed by atoms with van der Waals surface area (Å²) in [6.07, 6.45) is 0. The fourth-order valence-corrected chi connectivity index (χ4v) is 1.36. The van der Waals surface area contributed by atoms with Crippen molar-refractivity contribution in [3.63, 3.8) is 0 Å². The van der Waals surface area contributed by atoms with Crippen molar-refractivity contribution in [3.8, 4) is 11.5 Å². The van der Waals surface area contributed by atoms with E-state index in [0.717, 1.165) is 0 Å². The number of halogens is 2. The van der Waals surface area contributed by atoms with Crippen LogP contribution in [-0.2, 0) is 5.88 Å². The van der Waals surface area contributed by atoms with Crippen LogP contribution in [0.2, 0.25) is 5.02 Å². The molecule has 0 aliphatic carbocycles. The number of ether oxygens (including phenoxy) is 1. The number of aromatic hydroxyl groups is 1. The molecule has 0 fully saturated rings. The Morgan fingerprint density at radius 2 is 2.17 bits per heavy atom. The number of methoxy groups -OCH3 is 1. The molecule has 0 aromatic heterocycles. The number of benzene rings is 1. The van der Waals surface area contributed by atoms with Crippen molar-refractivity contribution < 1.29 is 9.84 Å². The summed E-state index contributed by atoms with van der Waals surface area (Å²) in [5.41, 5.74) is 0.691. The second-order valence-corrected chi connectivity index (χ2v) is 2.92. The highest BCUT2D eigenvalue weighted by Crippen LogP contribution is 2.32. The Morgan fingerprint density at radius 1 is 1.50 bits per heavy atom. The lowest BCUT2D eigenvalue weighted by Gasteiger charge is -2.06. The minimum absolute atomic E-state index is 0.0533. The van der Waals surface area contributed by atoms with Gasteiger partial charge in [-0.2, -0.15) is 0 Å². The lowest BCUT2D eigenvalue weighted by Crippen LogP contribution is -1.86. The Hall–Kier alpha value is -0.600. The topological polar surface area (TPSA) is 29.5 Å². The van der Waals surface area contributed by atoms with Crippen molar-refractivity contribution in [1.29, 1.82) is 0 Å². The Labute approximate surface area is 80.7 Å². The molecule has 0 spiro atoms. The predicted molar refractivity (Wildman–Crippen MR) is 49.2 cm³/mol. The number of alkyl halides is 1. The van der Waals surface area contributed by atoms with Crippen LogP contribution in [0.1, 0.15) is 5.56 Å². The highest BCUT2D eigenvalue weighted by molar-refractivity contribution is 6.32. The zero-order valence-electron chi connectivity index (χ0n) is 6.47. The largest absolute Gasteiger partial charge is 0.504 e. The third-order valence-corrected chi connectivity index (χ3v) is 2.13. The van der Waals surface area contributed by atoms with E-state index in [9.17, 15) is 5.11 Å². The second kappa shape index (κ2) is 3.87. The van der Waals surface area contributed by atoms with Crippen molar-refractivity contribution in [2.75, 3.05) is 7.11 Å². The van der Waals surface area contributed by atoms with Crippen LogP contribution in [0, 0.1) is 0 Å². The number of phenolic OH excluding ortho intramolecular Hbond substituents is 1. The van der Waals surface area contributed by atoms with E-state index >= 15 is 0 Å². The van der Waals surface area contributed by atoms with Gasteiger partial charge in [-0.25, -0.2) is 0 Å². The lowest BCUT2D eigenvalue weighted by molar-refractivity contribution is 0.373. The van der Waals surface area contributed by atoms with E-state index in [2.05, 4.69) is 0 Å². The maximum Gasteiger partial charge on any atom is 0.161 e. The normalized spacial score (nSPS) is 9.92. The van der Waals surface area contributed by atoms with E-state index in [0.29, 0.717) is 16.3 Å². The van der Waals surface area contributed by atoms with Gasteiger partial charge < -0.3 is 9.84 Å². The van der Waals surface area contributed by atoms with Crippen LogP contribution in [-0.4, -0.2) is 12.2 Å². The summed E-state index contributed by atoms with van der Waals surface area (Å²) < 4.78 is 4.85. The van der Waals surface area contributed by atoms with Gasteiger partial charge in [-0.1, -0.05) is 11.6 Å². The fourth-order valence-electron chi connectivity index (χ4n) is 0.853. The summed E-state index contributed by atoms with van der Waals surface area (Å²) in [6, 6.07) is 3.03. The Morgan fingerprint density at radius 3 is 2.67 bits per heavy atom. The minimum atomic E-state index is 0.0533. The highest BCUT2D eigenvalue weighted by Gasteiger charge is 2.06. The van der Waals surface area contributed by atoms with Gasteiger partial charge in [0.25, 0.3) is 0 Å². The molecule has 2 nitrogen and oxygen atoms in total. The summed E-state index contributed by atoms with van der Waals surface area (Å²) in [6.45, 7) is 0. The maximum absolute atomic E-state index is 9.30. The molecule has 0 radical (unpaired) electrons. The second-order valence-electron chi connectivity index (χ2n) is 2.25. The molecular formula is C8H8Cl2O2. The van der Waals surface area contributed by atoms with Crippen LogP contribution in [0.3, 0.4) is 0 Å². The molecule has 1 aromatic carbocycles. The number of rotatable bonds is 2. The molecule has 4 heteroatoms. The van der Waals surface area contributed by atoms with E-state index in [4.69, 9.17) is 27.9 Å². The Balaban J connectivity index is 3.16. The van der Waals surface area contributed by atoms with Crippen LogP contribution in [0.25, 0.3) is 0 Å². The molecule has 0 bridgehead atoms. The fraction of sp³-hybridized carbons (Fsp3) is 0.250. The van der Waals surface area contributed by atoms with Gasteiger partial charge in [0, 0.05) is 17.0 Å². The monoisotopic (exact) mass is 206 g/mol. The summed E-state index contributed by atoms with van der Waals surface area (Å²) in [5.74, 6) is 0.683. The highest BCUT2D eigenvalue weighted by atomic mass is 35.5. The summed E-state index contributed by atoms with van der Waals surface area (Å²) in [5, 5.41) is 9.80. The molecule has 0 heterocycles. The molecule has 0 amide bonds. The zero-order chi connectivity index (χ0) is 9.14. The average Bonchev–Trinajstić information content (AvgIpc) is 2.08. The molecule has 0 atom stereocenters. The van der Waals surface area contributed by atoms with Crippen molar-refractivity contribution in [3.05, 3.63) is 22.7 Å². The molecule has 1 rings (SSSR count). The van der Waals surface area contributed by atoms with Gasteiger partial charge in [0.2, 0.25) is 0 Å². The van der Waals surface area contributed by atoms with Gasteiger partial charge in [0.15, 0.2) is 11.5 Å². The number of hydrogen-bond acceptors (Lipinski definition) is 2. The molecule has 12 heavy (non-hydrogen) atoms. The molecule has 0 unspecified atom stereocenters. The number of hydrogen-bond donors (Lipinski definition) is 1. The maximum atomic E-state index is 9.30. The van der Waals surface area contributed by atoms with Crippen LogP contribution in [0.5, 0.6) is 11.5 Å². The Bertz CT molecular complexity index is 257. The minimum Gasteiger partial charge on any atom is -0.504 e. The van der Waals surface area contributed by atoms with E-state index in [-0.39, 0.29) is 11.6 Å². The van der Waals surface area contributed by atoms with Crippen LogP contribution in [0.15, 0.2) is 12.1 Å². The molecule has 1 N–H and O–H groups in total. The van der Waals surface area contributed by atoms with E-state index in [1.165, 1.54) is 19.2 Å². The van der Waals surface area contributed by atoms with E-state index < -0.39 is 0 Å². The standard InChI is InChI=1S/C8H8Cl2O2/c1-12-8-3-6(10)5(4-9)2-7(8)11/h2-3,11H,4H2,1H3. The molecule has 0 aliphatic rings. The van der Waals surface area contributed by atoms with Gasteiger partial charge >= 0.3 is 0 Å². The first kappa shape index (κ1) is 9.49. The first-order valence-corrected chi connectivity index (χ1v) is 4.21. The van der Waals surface area contributed by atoms with Crippen LogP contribution in [0.4, 0.5) is 0 Å². The zero-order valence-corrected chi connectivity index (χ0v) is 7.99. The molecular weight excluding hydrogens is 199 g/mol. The van der Waals surface area contributed by atoms with Crippen LogP contribution < -0.4 is 4.74 Å². The molecule has 0 saturated heterocycles.